The highest BCUT2D eigenvalue weighted by Gasteiger charge is 2.17. The van der Waals surface area contributed by atoms with Gasteiger partial charge in [-0.15, -0.1) is 0 Å². The van der Waals surface area contributed by atoms with Gasteiger partial charge in [0, 0.05) is 16.6 Å². The zero-order valence-electron chi connectivity index (χ0n) is 12.6. The third kappa shape index (κ3) is 2.51. The maximum atomic E-state index is 14.7. The second-order valence-corrected chi connectivity index (χ2v) is 5.78. The first-order chi connectivity index (χ1) is 11.7. The molecule has 3 aromatic carbocycles. The normalized spacial score (nSPS) is 10.9. The van der Waals surface area contributed by atoms with Crippen LogP contribution >= 0.6 is 11.6 Å². The molecule has 0 bridgehead atoms. The van der Waals surface area contributed by atoms with Crippen molar-refractivity contribution in [1.29, 1.82) is 0 Å². The molecular weight excluding hydrogens is 325 g/mol. The Bertz CT molecular complexity index is 997. The van der Waals surface area contributed by atoms with Crippen molar-refractivity contribution in [3.63, 3.8) is 0 Å². The van der Waals surface area contributed by atoms with Gasteiger partial charge >= 0.3 is 0 Å². The molecule has 0 atom stereocenters. The van der Waals surface area contributed by atoms with Crippen LogP contribution in [0, 0.1) is 5.82 Å². The Labute approximate surface area is 143 Å². The van der Waals surface area contributed by atoms with Gasteiger partial charge < -0.3 is 5.32 Å². The van der Waals surface area contributed by atoms with Gasteiger partial charge in [-0.2, -0.15) is 5.10 Å². The monoisotopic (exact) mass is 337 g/mol. The highest BCUT2D eigenvalue weighted by molar-refractivity contribution is 6.34. The van der Waals surface area contributed by atoms with Crippen molar-refractivity contribution < 1.29 is 4.39 Å². The minimum absolute atomic E-state index is 0.0867. The van der Waals surface area contributed by atoms with E-state index in [1.807, 2.05) is 66.7 Å². The predicted molar refractivity (Wildman–Crippen MR) is 96.2 cm³/mol. The first kappa shape index (κ1) is 14.7. The number of hydrogen-bond donors (Lipinski definition) is 2. The summed E-state index contributed by atoms with van der Waals surface area (Å²) in [7, 11) is 0. The Morgan fingerprint density at radius 3 is 2.33 bits per heavy atom. The van der Waals surface area contributed by atoms with E-state index >= 15 is 0 Å². The summed E-state index contributed by atoms with van der Waals surface area (Å²) in [5.41, 5.74) is 2.66. The fourth-order valence-corrected chi connectivity index (χ4v) is 2.93. The van der Waals surface area contributed by atoms with Crippen molar-refractivity contribution in [3.05, 3.63) is 77.6 Å². The minimum Gasteiger partial charge on any atom is -0.338 e. The van der Waals surface area contributed by atoms with Gasteiger partial charge in [0.1, 0.15) is 5.52 Å². The summed E-state index contributed by atoms with van der Waals surface area (Å²) >= 11 is 6.23. The molecule has 4 aromatic rings. The molecule has 0 saturated heterocycles. The molecule has 3 nitrogen and oxygen atoms in total. The molecule has 1 heterocycles. The standard InChI is InChI=1S/C19H13ClFN3/c20-16-14(12-7-3-1-4-8-12)11-15-18(17(16)21)23-24-19(15)22-13-9-5-2-6-10-13/h1-11H,(H2,22,23,24). The van der Waals surface area contributed by atoms with Crippen LogP contribution in [0.15, 0.2) is 66.7 Å². The van der Waals surface area contributed by atoms with Gasteiger partial charge in [0.15, 0.2) is 11.6 Å². The average molecular weight is 338 g/mol. The highest BCUT2D eigenvalue weighted by Crippen LogP contribution is 2.37. The number of nitrogens with one attached hydrogen (secondary N) is 2. The van der Waals surface area contributed by atoms with Gasteiger partial charge in [-0.05, 0) is 23.8 Å². The largest absolute Gasteiger partial charge is 0.338 e. The molecule has 0 spiro atoms. The number of aromatic amines is 1. The smallest absolute Gasteiger partial charge is 0.168 e. The molecule has 2 N–H and O–H groups in total. The van der Waals surface area contributed by atoms with Crippen molar-refractivity contribution >= 4 is 34.0 Å². The lowest BCUT2D eigenvalue weighted by atomic mass is 10.0. The Balaban J connectivity index is 1.88. The maximum absolute atomic E-state index is 14.7. The number of rotatable bonds is 3. The SMILES string of the molecule is Fc1c(Cl)c(-c2ccccc2)cc2c(Nc3ccccc3)n[nH]c12. The molecule has 0 saturated carbocycles. The van der Waals surface area contributed by atoms with E-state index < -0.39 is 5.82 Å². The summed E-state index contributed by atoms with van der Waals surface area (Å²) in [5.74, 6) is 0.0607. The molecule has 0 unspecified atom stereocenters. The van der Waals surface area contributed by atoms with Crippen LogP contribution in [-0.2, 0) is 0 Å². The fourth-order valence-electron chi connectivity index (χ4n) is 2.68. The Morgan fingerprint density at radius 2 is 1.62 bits per heavy atom. The van der Waals surface area contributed by atoms with Crippen LogP contribution in [0.25, 0.3) is 22.0 Å². The summed E-state index contributed by atoms with van der Waals surface area (Å²) in [6, 6.07) is 21.0. The van der Waals surface area contributed by atoms with Crippen LogP contribution in [-0.4, -0.2) is 10.2 Å². The molecule has 24 heavy (non-hydrogen) atoms. The Kier molecular flexibility index (Phi) is 3.67. The fraction of sp³-hybridized carbons (Fsp3) is 0. The number of aromatic nitrogens is 2. The van der Waals surface area contributed by atoms with E-state index in [4.69, 9.17) is 11.6 Å². The number of fused-ring (bicyclic) bond motifs is 1. The molecule has 0 aliphatic rings. The van der Waals surface area contributed by atoms with E-state index in [-0.39, 0.29) is 10.5 Å². The predicted octanol–water partition coefficient (Wildman–Crippen LogP) is 5.77. The van der Waals surface area contributed by atoms with Crippen molar-refractivity contribution in [2.24, 2.45) is 0 Å². The third-order valence-electron chi connectivity index (χ3n) is 3.86. The molecule has 0 aliphatic heterocycles. The highest BCUT2D eigenvalue weighted by atomic mass is 35.5. The van der Waals surface area contributed by atoms with Crippen LogP contribution in [0.2, 0.25) is 5.02 Å². The first-order valence-electron chi connectivity index (χ1n) is 7.47. The molecule has 0 amide bonds. The second kappa shape index (κ2) is 5.98. The van der Waals surface area contributed by atoms with Crippen molar-refractivity contribution in [3.8, 4) is 11.1 Å². The number of para-hydroxylation sites is 1. The van der Waals surface area contributed by atoms with Crippen LogP contribution in [0.3, 0.4) is 0 Å². The van der Waals surface area contributed by atoms with Gasteiger partial charge in [-0.25, -0.2) is 4.39 Å². The lowest BCUT2D eigenvalue weighted by molar-refractivity contribution is 0.637. The first-order valence-corrected chi connectivity index (χ1v) is 7.85. The van der Waals surface area contributed by atoms with Crippen LogP contribution in [0.1, 0.15) is 0 Å². The number of H-pyrrole nitrogens is 1. The van der Waals surface area contributed by atoms with Gasteiger partial charge in [-0.1, -0.05) is 60.1 Å². The topological polar surface area (TPSA) is 40.7 Å². The number of anilines is 2. The quantitative estimate of drug-likeness (QED) is 0.498. The van der Waals surface area contributed by atoms with Crippen LogP contribution in [0.5, 0.6) is 0 Å². The molecule has 4 rings (SSSR count). The summed E-state index contributed by atoms with van der Waals surface area (Å²) in [5, 5.41) is 10.9. The zero-order valence-corrected chi connectivity index (χ0v) is 13.3. The summed E-state index contributed by atoms with van der Waals surface area (Å²) in [4.78, 5) is 0. The van der Waals surface area contributed by atoms with Crippen molar-refractivity contribution in [1.82, 2.24) is 10.2 Å². The second-order valence-electron chi connectivity index (χ2n) is 5.40. The van der Waals surface area contributed by atoms with Gasteiger partial charge in [0.25, 0.3) is 0 Å². The van der Waals surface area contributed by atoms with E-state index in [2.05, 4.69) is 15.5 Å². The molecule has 0 aliphatic carbocycles. The van der Waals surface area contributed by atoms with E-state index in [1.165, 1.54) is 0 Å². The lowest BCUT2D eigenvalue weighted by Gasteiger charge is -2.08. The molecular formula is C19H13ClFN3. The molecule has 0 fully saturated rings. The Morgan fingerprint density at radius 1 is 0.958 bits per heavy atom. The third-order valence-corrected chi connectivity index (χ3v) is 4.23. The maximum Gasteiger partial charge on any atom is 0.168 e. The average Bonchev–Trinajstić information content (AvgIpc) is 3.02. The summed E-state index contributed by atoms with van der Waals surface area (Å²) < 4.78 is 14.7. The number of nitrogens with zero attached hydrogens (tertiary/aromatic N) is 1. The summed E-state index contributed by atoms with van der Waals surface area (Å²) in [6.07, 6.45) is 0. The van der Waals surface area contributed by atoms with E-state index in [1.54, 1.807) is 0 Å². The van der Waals surface area contributed by atoms with Crippen molar-refractivity contribution in [2.45, 2.75) is 0 Å². The van der Waals surface area contributed by atoms with Crippen molar-refractivity contribution in [2.75, 3.05) is 5.32 Å². The van der Waals surface area contributed by atoms with Gasteiger partial charge in [0.2, 0.25) is 0 Å². The number of halogens is 2. The number of hydrogen-bond acceptors (Lipinski definition) is 2. The Hall–Kier alpha value is -2.85. The van der Waals surface area contributed by atoms with E-state index in [0.29, 0.717) is 16.8 Å². The van der Waals surface area contributed by atoms with Gasteiger partial charge in [-0.3, -0.25) is 5.10 Å². The molecule has 5 heteroatoms. The minimum atomic E-state index is -0.498. The number of benzene rings is 3. The molecule has 118 valence electrons. The van der Waals surface area contributed by atoms with Crippen LogP contribution in [0.4, 0.5) is 15.9 Å². The van der Waals surface area contributed by atoms with Crippen LogP contribution < -0.4 is 5.32 Å². The van der Waals surface area contributed by atoms with E-state index in [9.17, 15) is 4.39 Å². The molecule has 1 aromatic heterocycles. The lowest BCUT2D eigenvalue weighted by Crippen LogP contribution is -1.91. The summed E-state index contributed by atoms with van der Waals surface area (Å²) in [6.45, 7) is 0. The zero-order chi connectivity index (χ0) is 16.5. The molecule has 0 radical (unpaired) electrons. The van der Waals surface area contributed by atoms with Gasteiger partial charge in [0.05, 0.1) is 5.02 Å². The van der Waals surface area contributed by atoms with E-state index in [0.717, 1.165) is 11.3 Å².